The molecule has 0 saturated heterocycles. The Kier molecular flexibility index (Phi) is 8.47. The van der Waals surface area contributed by atoms with Crippen LogP contribution in [-0.4, -0.2) is 19.9 Å². The van der Waals surface area contributed by atoms with E-state index in [2.05, 4.69) is 146 Å². The van der Waals surface area contributed by atoms with Gasteiger partial charge in [-0.2, -0.15) is 0 Å². The summed E-state index contributed by atoms with van der Waals surface area (Å²) in [6.45, 7) is 0. The Labute approximate surface area is 325 Å². The summed E-state index contributed by atoms with van der Waals surface area (Å²) >= 11 is 0. The fourth-order valence-electron chi connectivity index (χ4n) is 7.54. The van der Waals surface area contributed by atoms with Crippen LogP contribution in [0, 0.1) is 0 Å². The molecule has 56 heavy (non-hydrogen) atoms. The summed E-state index contributed by atoms with van der Waals surface area (Å²) in [6.07, 6.45) is 0. The number of benzene rings is 8. The number of pyridine rings is 1. The lowest BCUT2D eigenvalue weighted by molar-refractivity contribution is 1.07. The molecule has 0 N–H and O–H groups in total. The maximum atomic E-state index is 5.44. The van der Waals surface area contributed by atoms with Crippen molar-refractivity contribution >= 4 is 21.7 Å². The number of rotatable bonds is 7. The highest BCUT2D eigenvalue weighted by molar-refractivity contribution is 6.17. The summed E-state index contributed by atoms with van der Waals surface area (Å²) in [5.41, 5.74) is 12.7. The summed E-state index contributed by atoms with van der Waals surface area (Å²) in [4.78, 5) is 20.2. The van der Waals surface area contributed by atoms with Crippen molar-refractivity contribution in [2.24, 2.45) is 0 Å². The predicted molar refractivity (Wildman–Crippen MR) is 231 cm³/mol. The Morgan fingerprint density at radius 2 is 0.679 bits per heavy atom. The molecule has 0 aliphatic heterocycles. The van der Waals surface area contributed by atoms with Gasteiger partial charge in [-0.3, -0.25) is 0 Å². The van der Waals surface area contributed by atoms with Crippen LogP contribution >= 0.6 is 0 Å². The normalized spacial score (nSPS) is 11.2. The van der Waals surface area contributed by atoms with Crippen LogP contribution < -0.4 is 0 Å². The SMILES string of the molecule is c1ccc(-c2cccc(-c3nc4cc(-c5ccc(-c6nc(-c7ccccc7)nc(-c7ccccc7)n6)cc5)ccc4c4c(-c5ccccc5)cccc34)c2)cc1. The lowest BCUT2D eigenvalue weighted by Crippen LogP contribution is -2.00. The second-order valence-electron chi connectivity index (χ2n) is 13.8. The van der Waals surface area contributed by atoms with Crippen molar-refractivity contribution in [3.05, 3.63) is 206 Å². The summed E-state index contributed by atoms with van der Waals surface area (Å²) in [5, 5.41) is 3.45. The van der Waals surface area contributed by atoms with E-state index < -0.39 is 0 Å². The van der Waals surface area contributed by atoms with Gasteiger partial charge in [-0.05, 0) is 45.5 Å². The fraction of sp³-hybridized carbons (Fsp3) is 0. The molecular formula is C52H34N4. The van der Waals surface area contributed by atoms with Crippen molar-refractivity contribution in [2.75, 3.05) is 0 Å². The van der Waals surface area contributed by atoms with E-state index in [1.165, 1.54) is 22.1 Å². The molecule has 2 heterocycles. The summed E-state index contributed by atoms with van der Waals surface area (Å²) in [6, 6.07) is 71.8. The molecular weight excluding hydrogens is 681 g/mol. The van der Waals surface area contributed by atoms with Crippen molar-refractivity contribution in [3.8, 4) is 78.8 Å². The van der Waals surface area contributed by atoms with Gasteiger partial charge >= 0.3 is 0 Å². The summed E-state index contributed by atoms with van der Waals surface area (Å²) in [5.74, 6) is 1.92. The molecule has 262 valence electrons. The standard InChI is InChI=1S/C52H34N4/c1-5-15-35(16-6-1)41-23-13-24-43(33-41)49-46-26-14-25-44(37-17-7-2-8-18-37)48(46)45-32-31-42(34-47(45)53-49)36-27-29-40(30-28-36)52-55-50(38-19-9-3-10-20-38)54-51(56-52)39-21-11-4-12-22-39/h1-34H. The zero-order valence-corrected chi connectivity index (χ0v) is 30.4. The van der Waals surface area contributed by atoms with E-state index in [0.717, 1.165) is 60.9 Å². The molecule has 10 aromatic rings. The number of aromatic nitrogens is 4. The molecule has 4 nitrogen and oxygen atoms in total. The van der Waals surface area contributed by atoms with Crippen molar-refractivity contribution in [1.82, 2.24) is 19.9 Å². The largest absolute Gasteiger partial charge is 0.247 e. The Bertz CT molecular complexity index is 2930. The summed E-state index contributed by atoms with van der Waals surface area (Å²) in [7, 11) is 0. The van der Waals surface area contributed by atoms with Gasteiger partial charge in [0.05, 0.1) is 11.2 Å². The second kappa shape index (κ2) is 14.3. The number of nitrogens with zero attached hydrogens (tertiary/aromatic N) is 4. The first kappa shape index (κ1) is 33.0. The average Bonchev–Trinajstić information content (AvgIpc) is 3.29. The quantitative estimate of drug-likeness (QED) is 0.154. The molecule has 0 aliphatic rings. The minimum atomic E-state index is 0.631. The van der Waals surface area contributed by atoms with Gasteiger partial charge in [-0.1, -0.05) is 194 Å². The van der Waals surface area contributed by atoms with E-state index in [1.54, 1.807) is 0 Å². The molecule has 0 saturated carbocycles. The van der Waals surface area contributed by atoms with Crippen molar-refractivity contribution in [3.63, 3.8) is 0 Å². The van der Waals surface area contributed by atoms with Gasteiger partial charge in [0, 0.05) is 38.4 Å². The van der Waals surface area contributed by atoms with Crippen molar-refractivity contribution < 1.29 is 0 Å². The zero-order valence-electron chi connectivity index (χ0n) is 30.4. The molecule has 0 aliphatic carbocycles. The smallest absolute Gasteiger partial charge is 0.164 e. The second-order valence-corrected chi connectivity index (χ2v) is 13.8. The highest BCUT2D eigenvalue weighted by Crippen LogP contribution is 2.40. The first-order valence-corrected chi connectivity index (χ1v) is 18.8. The van der Waals surface area contributed by atoms with E-state index >= 15 is 0 Å². The molecule has 8 aromatic carbocycles. The van der Waals surface area contributed by atoms with E-state index in [1.807, 2.05) is 60.7 Å². The third kappa shape index (κ3) is 6.29. The molecule has 2 aromatic heterocycles. The number of fused-ring (bicyclic) bond motifs is 3. The van der Waals surface area contributed by atoms with Crippen molar-refractivity contribution in [2.45, 2.75) is 0 Å². The highest BCUT2D eigenvalue weighted by atomic mass is 15.0. The van der Waals surface area contributed by atoms with E-state index in [0.29, 0.717) is 17.5 Å². The maximum Gasteiger partial charge on any atom is 0.164 e. The van der Waals surface area contributed by atoms with Crippen LogP contribution in [0.4, 0.5) is 0 Å². The molecule has 0 spiro atoms. The zero-order chi connectivity index (χ0) is 37.3. The minimum Gasteiger partial charge on any atom is -0.247 e. The molecule has 0 atom stereocenters. The van der Waals surface area contributed by atoms with Crippen molar-refractivity contribution in [1.29, 1.82) is 0 Å². The first-order chi connectivity index (χ1) is 27.7. The Hall–Kier alpha value is -7.56. The van der Waals surface area contributed by atoms with Crippen LogP contribution in [0.15, 0.2) is 206 Å². The first-order valence-electron chi connectivity index (χ1n) is 18.8. The van der Waals surface area contributed by atoms with Crippen LogP contribution in [0.25, 0.3) is 100 Å². The van der Waals surface area contributed by atoms with Crippen LogP contribution in [0.3, 0.4) is 0 Å². The Balaban J connectivity index is 1.10. The van der Waals surface area contributed by atoms with E-state index in [4.69, 9.17) is 19.9 Å². The average molecular weight is 715 g/mol. The van der Waals surface area contributed by atoms with Gasteiger partial charge < -0.3 is 0 Å². The number of hydrogen-bond acceptors (Lipinski definition) is 4. The molecule has 10 rings (SSSR count). The molecule has 0 unspecified atom stereocenters. The summed E-state index contributed by atoms with van der Waals surface area (Å²) < 4.78 is 0. The third-order valence-corrected chi connectivity index (χ3v) is 10.3. The molecule has 4 heteroatoms. The lowest BCUT2D eigenvalue weighted by atomic mass is 9.91. The van der Waals surface area contributed by atoms with Gasteiger partial charge in [0.25, 0.3) is 0 Å². The van der Waals surface area contributed by atoms with Gasteiger partial charge in [0.2, 0.25) is 0 Å². The van der Waals surface area contributed by atoms with Gasteiger partial charge in [-0.15, -0.1) is 0 Å². The monoisotopic (exact) mass is 714 g/mol. The van der Waals surface area contributed by atoms with Crippen LogP contribution in [0.2, 0.25) is 0 Å². The molecule has 0 bridgehead atoms. The van der Waals surface area contributed by atoms with Gasteiger partial charge in [-0.25, -0.2) is 19.9 Å². The Morgan fingerprint density at radius 3 is 1.29 bits per heavy atom. The highest BCUT2D eigenvalue weighted by Gasteiger charge is 2.17. The maximum absolute atomic E-state index is 5.44. The van der Waals surface area contributed by atoms with Crippen LogP contribution in [0.1, 0.15) is 0 Å². The number of hydrogen-bond donors (Lipinski definition) is 0. The van der Waals surface area contributed by atoms with Crippen LogP contribution in [-0.2, 0) is 0 Å². The predicted octanol–water partition coefficient (Wildman–Crippen LogP) is 13.2. The molecule has 0 fully saturated rings. The fourth-order valence-corrected chi connectivity index (χ4v) is 7.54. The molecule has 0 radical (unpaired) electrons. The van der Waals surface area contributed by atoms with Gasteiger partial charge in [0.15, 0.2) is 17.5 Å². The Morgan fingerprint density at radius 1 is 0.250 bits per heavy atom. The lowest BCUT2D eigenvalue weighted by Gasteiger charge is -2.16. The van der Waals surface area contributed by atoms with E-state index in [9.17, 15) is 0 Å². The third-order valence-electron chi connectivity index (χ3n) is 10.3. The van der Waals surface area contributed by atoms with E-state index in [-0.39, 0.29) is 0 Å². The topological polar surface area (TPSA) is 51.6 Å². The minimum absolute atomic E-state index is 0.631. The van der Waals surface area contributed by atoms with Crippen LogP contribution in [0.5, 0.6) is 0 Å². The van der Waals surface area contributed by atoms with Gasteiger partial charge in [0.1, 0.15) is 0 Å². The molecule has 0 amide bonds.